The molecule has 8 nitrogen and oxygen atoms in total. The zero-order chi connectivity index (χ0) is 25.9. The Balaban J connectivity index is 1.52. The second kappa shape index (κ2) is 10.0. The van der Waals surface area contributed by atoms with Gasteiger partial charge >= 0.3 is 6.18 Å². The quantitative estimate of drug-likeness (QED) is 0.357. The molecule has 2 N–H and O–H groups in total. The largest absolute Gasteiger partial charge is 0.496 e. The van der Waals surface area contributed by atoms with Crippen LogP contribution in [-0.4, -0.2) is 45.5 Å². The molecule has 0 saturated heterocycles. The number of anilines is 2. The molecule has 0 fully saturated rings. The highest BCUT2D eigenvalue weighted by Gasteiger charge is 2.28. The van der Waals surface area contributed by atoms with Crippen LogP contribution in [0.1, 0.15) is 10.4 Å². The topological polar surface area (TPSA) is 94.0 Å². The molecule has 4 aromatic rings. The number of aryl methyl sites for hydroxylation is 1. The Bertz CT molecular complexity index is 1390. The van der Waals surface area contributed by atoms with Gasteiger partial charge < -0.3 is 15.4 Å². The Morgan fingerprint density at radius 2 is 1.81 bits per heavy atom. The molecule has 2 aromatic heterocycles. The van der Waals surface area contributed by atoms with Crippen LogP contribution < -0.4 is 15.4 Å². The summed E-state index contributed by atoms with van der Waals surface area (Å²) in [6.45, 7) is -1.45. The molecule has 0 unspecified atom stereocenters. The molecule has 12 heteroatoms. The van der Waals surface area contributed by atoms with Crippen LogP contribution in [0.4, 0.5) is 29.2 Å². The summed E-state index contributed by atoms with van der Waals surface area (Å²) in [6.07, 6.45) is -1.86. The minimum absolute atomic E-state index is 0.0505. The van der Waals surface area contributed by atoms with Crippen molar-refractivity contribution >= 4 is 17.5 Å². The number of ether oxygens (including phenoxy) is 1. The second-order valence-corrected chi connectivity index (χ2v) is 7.65. The molecule has 0 bridgehead atoms. The van der Waals surface area contributed by atoms with Gasteiger partial charge in [-0.2, -0.15) is 18.2 Å². The summed E-state index contributed by atoms with van der Waals surface area (Å²) in [7, 11) is 2.98. The van der Waals surface area contributed by atoms with Crippen molar-refractivity contribution in [3.63, 3.8) is 0 Å². The van der Waals surface area contributed by atoms with Gasteiger partial charge in [0.2, 0.25) is 5.95 Å². The van der Waals surface area contributed by atoms with E-state index in [0.717, 1.165) is 6.20 Å². The van der Waals surface area contributed by atoms with Crippen molar-refractivity contribution in [2.45, 2.75) is 6.18 Å². The molecule has 0 aliphatic heterocycles. The number of rotatable bonds is 7. The lowest BCUT2D eigenvalue weighted by molar-refractivity contribution is -0.123. The Morgan fingerprint density at radius 1 is 1.08 bits per heavy atom. The van der Waals surface area contributed by atoms with Crippen LogP contribution in [-0.2, 0) is 7.05 Å². The number of pyridine rings is 1. The Kier molecular flexibility index (Phi) is 6.86. The molecule has 36 heavy (non-hydrogen) atoms. The Morgan fingerprint density at radius 3 is 2.47 bits per heavy atom. The minimum Gasteiger partial charge on any atom is -0.496 e. The van der Waals surface area contributed by atoms with Crippen molar-refractivity contribution in [3.8, 4) is 28.3 Å². The predicted octanol–water partition coefficient (Wildman–Crippen LogP) is 4.73. The maximum absolute atomic E-state index is 14.0. The van der Waals surface area contributed by atoms with Gasteiger partial charge in [0.1, 0.15) is 18.1 Å². The van der Waals surface area contributed by atoms with E-state index < -0.39 is 24.4 Å². The first-order valence-electron chi connectivity index (χ1n) is 10.6. The van der Waals surface area contributed by atoms with Gasteiger partial charge in [0.25, 0.3) is 5.91 Å². The highest BCUT2D eigenvalue weighted by molar-refractivity contribution is 5.97. The number of halogens is 4. The minimum atomic E-state index is -4.53. The average Bonchev–Trinajstić information content (AvgIpc) is 3.22. The van der Waals surface area contributed by atoms with E-state index in [1.165, 1.54) is 36.2 Å². The summed E-state index contributed by atoms with van der Waals surface area (Å²) in [4.78, 5) is 20.4. The third-order valence-electron chi connectivity index (χ3n) is 5.14. The predicted molar refractivity (Wildman–Crippen MR) is 124 cm³/mol. The summed E-state index contributed by atoms with van der Waals surface area (Å²) in [5.41, 5.74) is 2.24. The highest BCUT2D eigenvalue weighted by atomic mass is 19.4. The van der Waals surface area contributed by atoms with E-state index in [1.54, 1.807) is 37.4 Å². The Hall–Kier alpha value is -4.48. The Labute approximate surface area is 203 Å². The van der Waals surface area contributed by atoms with Crippen LogP contribution in [0.25, 0.3) is 22.5 Å². The van der Waals surface area contributed by atoms with Gasteiger partial charge in [-0.3, -0.25) is 9.78 Å². The maximum Gasteiger partial charge on any atom is 0.405 e. The van der Waals surface area contributed by atoms with Crippen molar-refractivity contribution in [2.24, 2.45) is 7.05 Å². The molecular weight excluding hydrogens is 480 g/mol. The zero-order valence-corrected chi connectivity index (χ0v) is 19.1. The van der Waals surface area contributed by atoms with Crippen molar-refractivity contribution < 1.29 is 27.1 Å². The first-order chi connectivity index (χ1) is 17.1. The number of hydrogen-bond acceptors (Lipinski definition) is 6. The van der Waals surface area contributed by atoms with Crippen molar-refractivity contribution in [1.82, 2.24) is 25.1 Å². The molecular formula is C24H20F4N6O2. The van der Waals surface area contributed by atoms with Crippen LogP contribution in [0.15, 0.2) is 60.9 Å². The number of nitrogens with zero attached hydrogens (tertiary/aromatic N) is 4. The monoisotopic (exact) mass is 500 g/mol. The van der Waals surface area contributed by atoms with E-state index in [1.807, 2.05) is 5.32 Å². The van der Waals surface area contributed by atoms with E-state index in [-0.39, 0.29) is 11.3 Å². The van der Waals surface area contributed by atoms with Gasteiger partial charge in [-0.25, -0.2) is 9.07 Å². The number of amides is 1. The molecule has 1 amide bonds. The number of methoxy groups -OCH3 is 1. The second-order valence-electron chi connectivity index (χ2n) is 7.65. The number of benzene rings is 2. The molecule has 0 spiro atoms. The number of alkyl halides is 3. The molecule has 2 aromatic carbocycles. The van der Waals surface area contributed by atoms with Crippen molar-refractivity contribution in [2.75, 3.05) is 19.0 Å². The van der Waals surface area contributed by atoms with E-state index in [4.69, 9.17) is 4.74 Å². The van der Waals surface area contributed by atoms with Crippen LogP contribution in [0.5, 0.6) is 5.75 Å². The summed E-state index contributed by atoms with van der Waals surface area (Å²) < 4.78 is 57.9. The lowest BCUT2D eigenvalue weighted by atomic mass is 10.1. The number of nitrogens with one attached hydrogen (secondary N) is 2. The fourth-order valence-corrected chi connectivity index (χ4v) is 3.38. The number of hydrogen-bond donors (Lipinski definition) is 2. The lowest BCUT2D eigenvalue weighted by Gasteiger charge is -2.11. The van der Waals surface area contributed by atoms with E-state index >= 15 is 0 Å². The third kappa shape index (κ3) is 5.59. The summed E-state index contributed by atoms with van der Waals surface area (Å²) in [6, 6.07) is 13.0. The number of aromatic nitrogens is 4. The normalized spacial score (nSPS) is 11.3. The van der Waals surface area contributed by atoms with Gasteiger partial charge in [0.15, 0.2) is 5.82 Å². The molecule has 186 valence electrons. The average molecular weight is 500 g/mol. The van der Waals surface area contributed by atoms with Gasteiger partial charge in [-0.05, 0) is 35.9 Å². The van der Waals surface area contributed by atoms with Gasteiger partial charge in [-0.15, -0.1) is 5.10 Å². The van der Waals surface area contributed by atoms with Crippen LogP contribution in [0.3, 0.4) is 0 Å². The first-order valence-corrected chi connectivity index (χ1v) is 10.6. The number of carbonyl (C=O) groups is 1. The lowest BCUT2D eigenvalue weighted by Crippen LogP contribution is -2.33. The van der Waals surface area contributed by atoms with E-state index in [2.05, 4.69) is 20.4 Å². The fraction of sp³-hybridized carbons (Fsp3) is 0.167. The van der Waals surface area contributed by atoms with E-state index in [9.17, 15) is 22.4 Å². The number of carbonyl (C=O) groups excluding carboxylic acids is 1. The molecule has 0 atom stereocenters. The molecule has 4 rings (SSSR count). The first kappa shape index (κ1) is 24.6. The molecule has 0 aliphatic rings. The molecule has 0 saturated carbocycles. The maximum atomic E-state index is 14.0. The van der Waals surface area contributed by atoms with Crippen LogP contribution in [0, 0.1) is 5.82 Å². The fourth-order valence-electron chi connectivity index (χ4n) is 3.38. The SMILES string of the molecule is COc1cc(-c2nc(Nc3ccc(-c4ccncc4F)cc3)n(C)n2)ccc1C(=O)NCC(F)(F)F. The van der Waals surface area contributed by atoms with Gasteiger partial charge in [-0.1, -0.05) is 18.2 Å². The van der Waals surface area contributed by atoms with E-state index in [0.29, 0.717) is 34.2 Å². The molecule has 0 aliphatic carbocycles. The summed E-state index contributed by atoms with van der Waals surface area (Å²) >= 11 is 0. The molecule has 0 radical (unpaired) electrons. The van der Waals surface area contributed by atoms with Crippen molar-refractivity contribution in [3.05, 3.63) is 72.3 Å². The molecule has 2 heterocycles. The smallest absolute Gasteiger partial charge is 0.405 e. The summed E-state index contributed by atoms with van der Waals surface area (Å²) in [5.74, 6) is -0.555. The van der Waals surface area contributed by atoms with Gasteiger partial charge in [0.05, 0.1) is 18.9 Å². The third-order valence-corrected chi connectivity index (χ3v) is 5.14. The van der Waals surface area contributed by atoms with Crippen LogP contribution >= 0.6 is 0 Å². The summed E-state index contributed by atoms with van der Waals surface area (Å²) in [5, 5.41) is 9.30. The standard InChI is InChI=1S/C24H20F4N6O2/c1-34-23(31-16-6-3-14(4-7-16)17-9-10-29-12-19(17)25)32-21(33-34)15-5-8-18(20(11-15)36-2)22(35)30-13-24(26,27)28/h3-12H,13H2,1-2H3,(H,30,35)(H,31,32,33). The zero-order valence-electron chi connectivity index (χ0n) is 19.1. The van der Waals surface area contributed by atoms with Crippen LogP contribution in [0.2, 0.25) is 0 Å². The highest BCUT2D eigenvalue weighted by Crippen LogP contribution is 2.28. The van der Waals surface area contributed by atoms with Crippen molar-refractivity contribution in [1.29, 1.82) is 0 Å². The van der Waals surface area contributed by atoms with Gasteiger partial charge in [0, 0.05) is 30.1 Å².